The van der Waals surface area contributed by atoms with Crippen LogP contribution >= 0.6 is 0 Å². The molecule has 2 fully saturated rings. The number of hydrogen-bond donors (Lipinski definition) is 2. The minimum absolute atomic E-state index is 0.394. The van der Waals surface area contributed by atoms with E-state index < -0.39 is 6.10 Å². The van der Waals surface area contributed by atoms with Crippen molar-refractivity contribution < 1.29 is 14.6 Å². The third-order valence-electron chi connectivity index (χ3n) is 4.38. The van der Waals surface area contributed by atoms with Crippen molar-refractivity contribution >= 4 is 0 Å². The summed E-state index contributed by atoms with van der Waals surface area (Å²) in [5.41, 5.74) is 6.35. The van der Waals surface area contributed by atoms with Crippen LogP contribution in [0.5, 0.6) is 5.75 Å². The average molecular weight is 277 g/mol. The summed E-state index contributed by atoms with van der Waals surface area (Å²) in [6, 6.07) is 7.68. The Morgan fingerprint density at radius 3 is 3.00 bits per heavy atom. The van der Waals surface area contributed by atoms with Gasteiger partial charge in [0.05, 0.1) is 24.9 Å². The molecule has 2 heterocycles. The average Bonchev–Trinajstić information content (AvgIpc) is 3.08. The highest BCUT2D eigenvalue weighted by molar-refractivity contribution is 5.30. The fourth-order valence-electron chi connectivity index (χ4n) is 3.26. The van der Waals surface area contributed by atoms with Gasteiger partial charge in [-0.15, -0.1) is 0 Å². The Balaban J connectivity index is 1.56. The van der Waals surface area contributed by atoms with Gasteiger partial charge >= 0.3 is 0 Å². The highest BCUT2D eigenvalue weighted by atomic mass is 16.5. The monoisotopic (exact) mass is 277 g/mol. The van der Waals surface area contributed by atoms with Crippen molar-refractivity contribution in [2.45, 2.75) is 44.0 Å². The van der Waals surface area contributed by atoms with Crippen LogP contribution in [0.4, 0.5) is 0 Å². The van der Waals surface area contributed by atoms with Crippen molar-refractivity contribution in [2.75, 3.05) is 13.2 Å². The molecule has 2 aliphatic rings. The molecule has 4 atom stereocenters. The maximum Gasteiger partial charge on any atom is 0.119 e. The molecule has 0 aromatic heterocycles. The molecule has 1 aromatic carbocycles. The molecular weight excluding hydrogens is 254 g/mol. The first-order valence-electron chi connectivity index (χ1n) is 7.52. The molecule has 110 valence electrons. The van der Waals surface area contributed by atoms with Crippen LogP contribution in [0, 0.1) is 5.92 Å². The summed E-state index contributed by atoms with van der Waals surface area (Å²) in [7, 11) is 0. The Hall–Kier alpha value is -1.10. The van der Waals surface area contributed by atoms with Crippen molar-refractivity contribution in [3.8, 4) is 5.75 Å². The predicted molar refractivity (Wildman–Crippen MR) is 76.6 cm³/mol. The zero-order valence-electron chi connectivity index (χ0n) is 11.7. The van der Waals surface area contributed by atoms with Gasteiger partial charge in [0.25, 0.3) is 0 Å². The summed E-state index contributed by atoms with van der Waals surface area (Å²) in [6.45, 7) is 1.19. The van der Waals surface area contributed by atoms with Crippen molar-refractivity contribution in [3.63, 3.8) is 0 Å². The summed E-state index contributed by atoms with van der Waals surface area (Å²) >= 11 is 0. The van der Waals surface area contributed by atoms with Crippen LogP contribution in [0.25, 0.3) is 0 Å². The molecule has 4 heteroatoms. The normalized spacial score (nSPS) is 29.6. The number of benzene rings is 1. The van der Waals surface area contributed by atoms with E-state index in [9.17, 15) is 5.11 Å². The van der Waals surface area contributed by atoms with Gasteiger partial charge < -0.3 is 20.3 Å². The molecule has 20 heavy (non-hydrogen) atoms. The second-order valence-electron chi connectivity index (χ2n) is 5.85. The van der Waals surface area contributed by atoms with Gasteiger partial charge in [-0.1, -0.05) is 12.1 Å². The first kappa shape index (κ1) is 13.9. The SMILES string of the molecule is NCCC(O)c1cccc(OCC2CC3CCC2O3)c1. The molecule has 0 amide bonds. The minimum atomic E-state index is -0.505. The van der Waals surface area contributed by atoms with E-state index in [2.05, 4.69) is 0 Å². The quantitative estimate of drug-likeness (QED) is 0.835. The number of hydrogen-bond acceptors (Lipinski definition) is 4. The Morgan fingerprint density at radius 2 is 2.30 bits per heavy atom. The van der Waals surface area contributed by atoms with E-state index in [0.717, 1.165) is 17.7 Å². The van der Waals surface area contributed by atoms with Crippen LogP contribution in [-0.4, -0.2) is 30.5 Å². The molecule has 2 aliphatic heterocycles. The second-order valence-corrected chi connectivity index (χ2v) is 5.85. The molecule has 4 unspecified atom stereocenters. The number of ether oxygens (including phenoxy) is 2. The van der Waals surface area contributed by atoms with E-state index in [4.69, 9.17) is 15.2 Å². The van der Waals surface area contributed by atoms with Crippen LogP contribution in [0.2, 0.25) is 0 Å². The molecule has 0 spiro atoms. The maximum absolute atomic E-state index is 9.96. The smallest absolute Gasteiger partial charge is 0.119 e. The van der Waals surface area contributed by atoms with E-state index in [-0.39, 0.29) is 0 Å². The van der Waals surface area contributed by atoms with Crippen LogP contribution in [0.1, 0.15) is 37.4 Å². The zero-order valence-corrected chi connectivity index (χ0v) is 11.7. The zero-order chi connectivity index (χ0) is 13.9. The molecule has 0 saturated carbocycles. The van der Waals surface area contributed by atoms with Crippen molar-refractivity contribution in [3.05, 3.63) is 29.8 Å². The van der Waals surface area contributed by atoms with E-state index in [1.165, 1.54) is 12.8 Å². The highest BCUT2D eigenvalue weighted by Gasteiger charge is 2.40. The Morgan fingerprint density at radius 1 is 1.40 bits per heavy atom. The van der Waals surface area contributed by atoms with Gasteiger partial charge in [-0.3, -0.25) is 0 Å². The van der Waals surface area contributed by atoms with Crippen molar-refractivity contribution in [2.24, 2.45) is 11.7 Å². The molecule has 3 N–H and O–H groups in total. The lowest BCUT2D eigenvalue weighted by atomic mass is 9.90. The lowest BCUT2D eigenvalue weighted by Gasteiger charge is -2.19. The lowest BCUT2D eigenvalue weighted by Crippen LogP contribution is -2.23. The Kier molecular flexibility index (Phi) is 4.24. The van der Waals surface area contributed by atoms with E-state index >= 15 is 0 Å². The number of rotatable bonds is 6. The van der Waals surface area contributed by atoms with Crippen LogP contribution in [-0.2, 0) is 4.74 Å². The van der Waals surface area contributed by atoms with E-state index in [0.29, 0.717) is 37.7 Å². The highest BCUT2D eigenvalue weighted by Crippen LogP contribution is 2.39. The summed E-state index contributed by atoms with van der Waals surface area (Å²) < 4.78 is 11.7. The number of aliphatic hydroxyl groups is 1. The summed E-state index contributed by atoms with van der Waals surface area (Å²) in [4.78, 5) is 0. The lowest BCUT2D eigenvalue weighted by molar-refractivity contribution is 0.0824. The van der Waals surface area contributed by atoms with E-state index in [1.807, 2.05) is 24.3 Å². The predicted octanol–water partition coefficient (Wildman–Crippen LogP) is 2.02. The number of fused-ring (bicyclic) bond motifs is 2. The largest absolute Gasteiger partial charge is 0.493 e. The van der Waals surface area contributed by atoms with Gasteiger partial charge in [0.2, 0.25) is 0 Å². The number of aliphatic hydroxyl groups excluding tert-OH is 1. The molecular formula is C16H23NO3. The standard InChI is InChI=1S/C16H23NO3/c17-7-6-15(18)11-2-1-3-13(8-11)19-10-12-9-14-4-5-16(12)20-14/h1-3,8,12,14-16,18H,4-7,9-10,17H2. The van der Waals surface area contributed by atoms with Crippen LogP contribution < -0.4 is 10.5 Å². The molecule has 3 rings (SSSR count). The van der Waals surface area contributed by atoms with E-state index in [1.54, 1.807) is 0 Å². The Labute approximate surface area is 119 Å². The molecule has 4 nitrogen and oxygen atoms in total. The number of nitrogens with two attached hydrogens (primary N) is 1. The minimum Gasteiger partial charge on any atom is -0.493 e. The molecule has 2 saturated heterocycles. The van der Waals surface area contributed by atoms with Gasteiger partial charge in [-0.2, -0.15) is 0 Å². The molecule has 2 bridgehead atoms. The maximum atomic E-state index is 9.96. The third kappa shape index (κ3) is 2.97. The third-order valence-corrected chi connectivity index (χ3v) is 4.38. The first-order valence-corrected chi connectivity index (χ1v) is 7.52. The topological polar surface area (TPSA) is 64.7 Å². The van der Waals surface area contributed by atoms with Gasteiger partial charge in [0.1, 0.15) is 5.75 Å². The fraction of sp³-hybridized carbons (Fsp3) is 0.625. The van der Waals surface area contributed by atoms with Gasteiger partial charge in [-0.05, 0) is 49.9 Å². The first-order chi connectivity index (χ1) is 9.76. The summed E-state index contributed by atoms with van der Waals surface area (Å²) in [5.74, 6) is 1.34. The van der Waals surface area contributed by atoms with Gasteiger partial charge in [0, 0.05) is 5.92 Å². The summed E-state index contributed by atoms with van der Waals surface area (Å²) in [6.07, 6.45) is 4.44. The molecule has 1 aromatic rings. The van der Waals surface area contributed by atoms with Gasteiger partial charge in [0.15, 0.2) is 0 Å². The summed E-state index contributed by atoms with van der Waals surface area (Å²) in [5, 5.41) is 9.96. The van der Waals surface area contributed by atoms with Crippen LogP contribution in [0.3, 0.4) is 0 Å². The second kappa shape index (κ2) is 6.12. The molecule has 0 aliphatic carbocycles. The van der Waals surface area contributed by atoms with Gasteiger partial charge in [-0.25, -0.2) is 0 Å². The fourth-order valence-corrected chi connectivity index (χ4v) is 3.26. The van der Waals surface area contributed by atoms with Crippen molar-refractivity contribution in [1.82, 2.24) is 0 Å². The van der Waals surface area contributed by atoms with Crippen LogP contribution in [0.15, 0.2) is 24.3 Å². The Bertz CT molecular complexity index is 451. The molecule has 0 radical (unpaired) electrons. The van der Waals surface area contributed by atoms with Crippen molar-refractivity contribution in [1.29, 1.82) is 0 Å².